The lowest BCUT2D eigenvalue weighted by Crippen LogP contribution is -2.49. The molecule has 4 aliphatic rings. The van der Waals surface area contributed by atoms with Crippen LogP contribution in [0.3, 0.4) is 0 Å². The molecule has 0 radical (unpaired) electrons. The molecule has 2 aliphatic heterocycles. The number of hydrogen-bond acceptors (Lipinski definition) is 8. The first kappa shape index (κ1) is 33.7. The molecule has 4 heterocycles. The number of pyridine rings is 2. The Hall–Kier alpha value is -4.82. The fourth-order valence-electron chi connectivity index (χ4n) is 7.15. The maximum absolute atomic E-state index is 15.1. The van der Waals surface area contributed by atoms with Crippen LogP contribution in [0.2, 0.25) is 0 Å². The number of anilines is 2. The van der Waals surface area contributed by atoms with Crippen molar-refractivity contribution >= 4 is 45.1 Å². The van der Waals surface area contributed by atoms with Crippen LogP contribution >= 0.6 is 0 Å². The SMILES string of the molecule is Cc1c(F)c(N2CCNC(C)C2)cc2c1c(=O)c(C(=O)O)cn2C1CC1.O=C(O)c1cn(C2CC2)c2cc(N3CCNCC3)c(F)cc2c1=O. The maximum atomic E-state index is 15.1. The number of halogens is 2. The Morgan fingerprint density at radius 2 is 1.34 bits per heavy atom. The van der Waals surface area contributed by atoms with Crippen LogP contribution < -0.4 is 31.3 Å². The van der Waals surface area contributed by atoms with Gasteiger partial charge in [0.1, 0.15) is 22.8 Å². The van der Waals surface area contributed by atoms with Crippen LogP contribution in [0.4, 0.5) is 20.2 Å². The summed E-state index contributed by atoms with van der Waals surface area (Å²) in [6.45, 7) is 8.72. The summed E-state index contributed by atoms with van der Waals surface area (Å²) in [6, 6.07) is 5.23. The molecule has 2 saturated heterocycles. The van der Waals surface area contributed by atoms with E-state index >= 15 is 4.39 Å². The Kier molecular flexibility index (Phi) is 8.85. The van der Waals surface area contributed by atoms with Gasteiger partial charge in [-0.3, -0.25) is 9.59 Å². The number of aryl methyl sites for hydroxylation is 1. The second-order valence-corrected chi connectivity index (χ2v) is 13.7. The quantitative estimate of drug-likeness (QED) is 0.235. The first-order chi connectivity index (χ1) is 23.9. The summed E-state index contributed by atoms with van der Waals surface area (Å²) in [7, 11) is 0. The molecule has 1 unspecified atom stereocenters. The lowest BCUT2D eigenvalue weighted by Gasteiger charge is -2.34. The Morgan fingerprint density at radius 1 is 0.780 bits per heavy atom. The zero-order chi connectivity index (χ0) is 35.4. The zero-order valence-electron chi connectivity index (χ0n) is 28.0. The summed E-state index contributed by atoms with van der Waals surface area (Å²) in [5.41, 5.74) is 0.595. The van der Waals surface area contributed by atoms with Gasteiger partial charge in [0.15, 0.2) is 0 Å². The van der Waals surface area contributed by atoms with Gasteiger partial charge in [0.25, 0.3) is 0 Å². The minimum atomic E-state index is -1.28. The summed E-state index contributed by atoms with van der Waals surface area (Å²) in [4.78, 5) is 51.9. The number of aromatic nitrogens is 2. The zero-order valence-corrected chi connectivity index (χ0v) is 28.0. The molecule has 2 saturated carbocycles. The fourth-order valence-corrected chi connectivity index (χ4v) is 7.15. The van der Waals surface area contributed by atoms with Gasteiger partial charge >= 0.3 is 11.9 Å². The molecule has 1 atom stereocenters. The molecule has 264 valence electrons. The van der Waals surface area contributed by atoms with Gasteiger partial charge in [-0.05, 0) is 57.7 Å². The Morgan fingerprint density at radius 3 is 1.92 bits per heavy atom. The fraction of sp³-hybridized carbons (Fsp3) is 0.444. The number of hydrogen-bond donors (Lipinski definition) is 4. The summed E-state index contributed by atoms with van der Waals surface area (Å²) in [5, 5.41) is 25.5. The van der Waals surface area contributed by atoms with E-state index in [1.807, 2.05) is 18.9 Å². The van der Waals surface area contributed by atoms with E-state index in [1.165, 1.54) is 18.5 Å². The van der Waals surface area contributed by atoms with Crippen LogP contribution in [0.15, 0.2) is 40.2 Å². The summed E-state index contributed by atoms with van der Waals surface area (Å²) in [6.07, 6.45) is 6.59. The molecular weight excluding hydrogens is 650 g/mol. The highest BCUT2D eigenvalue weighted by Crippen LogP contribution is 2.40. The lowest BCUT2D eigenvalue weighted by molar-refractivity contribution is 0.0684. The van der Waals surface area contributed by atoms with Gasteiger partial charge in [0, 0.05) is 87.3 Å². The molecule has 4 N–H and O–H groups in total. The van der Waals surface area contributed by atoms with Crippen molar-refractivity contribution in [1.29, 1.82) is 0 Å². The number of rotatable bonds is 6. The maximum Gasteiger partial charge on any atom is 0.341 e. The third kappa shape index (κ3) is 6.22. The van der Waals surface area contributed by atoms with Gasteiger partial charge in [-0.15, -0.1) is 0 Å². The van der Waals surface area contributed by atoms with Crippen LogP contribution in [-0.4, -0.2) is 83.1 Å². The van der Waals surface area contributed by atoms with Gasteiger partial charge in [0.05, 0.1) is 27.8 Å². The first-order valence-corrected chi connectivity index (χ1v) is 17.1. The number of carboxylic acid groups (broad SMARTS) is 2. The largest absolute Gasteiger partial charge is 0.477 e. The molecule has 4 aromatic rings. The number of nitrogens with zero attached hydrogens (tertiary/aromatic N) is 4. The van der Waals surface area contributed by atoms with Crippen molar-refractivity contribution in [2.45, 2.75) is 57.7 Å². The van der Waals surface area contributed by atoms with Crippen molar-refractivity contribution in [2.24, 2.45) is 0 Å². The highest BCUT2D eigenvalue weighted by molar-refractivity contribution is 5.95. The molecule has 12 nitrogen and oxygen atoms in total. The number of aromatic carboxylic acids is 2. The molecule has 2 aromatic heterocycles. The van der Waals surface area contributed by atoms with Gasteiger partial charge in [0.2, 0.25) is 10.9 Å². The predicted molar refractivity (Wildman–Crippen MR) is 186 cm³/mol. The standard InChI is InChI=1S/C19H22FN3O3.C17H18FN3O3/c1-10-8-22(6-5-21-10)15-7-14-16(11(2)17(15)20)18(24)13(19(25)26)9-23(14)12-3-4-12;18-13-7-11-14(8-15(13)20-5-3-19-4-6-20)21(10-1-2-10)9-12(16(11)22)17(23)24/h7,9-10,12,21H,3-6,8H2,1-2H3,(H,25,26);7-10,19H,1-6H2,(H,23,24). The van der Waals surface area contributed by atoms with Crippen molar-refractivity contribution in [2.75, 3.05) is 55.6 Å². The molecule has 8 rings (SSSR count). The normalized spacial score (nSPS) is 19.4. The number of piperazine rings is 2. The van der Waals surface area contributed by atoms with Crippen LogP contribution in [0.1, 0.15) is 71.0 Å². The van der Waals surface area contributed by atoms with Crippen molar-refractivity contribution in [3.63, 3.8) is 0 Å². The van der Waals surface area contributed by atoms with E-state index in [4.69, 9.17) is 0 Å². The van der Waals surface area contributed by atoms with E-state index in [1.54, 1.807) is 19.1 Å². The minimum Gasteiger partial charge on any atom is -0.477 e. The highest BCUT2D eigenvalue weighted by atomic mass is 19.1. The van der Waals surface area contributed by atoms with Crippen molar-refractivity contribution in [3.8, 4) is 0 Å². The molecule has 2 aliphatic carbocycles. The topological polar surface area (TPSA) is 149 Å². The highest BCUT2D eigenvalue weighted by Gasteiger charge is 2.31. The van der Waals surface area contributed by atoms with Crippen molar-refractivity contribution in [3.05, 3.63) is 79.4 Å². The molecule has 50 heavy (non-hydrogen) atoms. The second-order valence-electron chi connectivity index (χ2n) is 13.7. The second kappa shape index (κ2) is 13.1. The monoisotopic (exact) mass is 690 g/mol. The summed E-state index contributed by atoms with van der Waals surface area (Å²) < 4.78 is 33.4. The predicted octanol–water partition coefficient (Wildman–Crippen LogP) is 3.86. The molecule has 0 bridgehead atoms. The molecule has 0 spiro atoms. The molecule has 14 heteroatoms. The van der Waals surface area contributed by atoms with E-state index in [9.17, 15) is 33.8 Å². The van der Waals surface area contributed by atoms with Gasteiger partial charge < -0.3 is 39.8 Å². The number of carbonyl (C=O) groups is 2. The molecule has 4 fully saturated rings. The first-order valence-electron chi connectivity index (χ1n) is 17.1. The van der Waals surface area contributed by atoms with E-state index in [0.29, 0.717) is 48.6 Å². The Balaban J connectivity index is 0.000000157. The molecular formula is C36H40F2N6O6. The molecule has 0 amide bonds. The minimum absolute atomic E-state index is 0.137. The summed E-state index contributed by atoms with van der Waals surface area (Å²) in [5.74, 6) is -3.46. The van der Waals surface area contributed by atoms with Crippen molar-refractivity contribution in [1.82, 2.24) is 19.8 Å². The average molecular weight is 691 g/mol. The number of carboxylic acids is 2. The van der Waals surface area contributed by atoms with Crippen LogP contribution in [-0.2, 0) is 0 Å². The van der Waals surface area contributed by atoms with Gasteiger partial charge in [-0.2, -0.15) is 0 Å². The van der Waals surface area contributed by atoms with Gasteiger partial charge in [-0.25, -0.2) is 18.4 Å². The molecule has 2 aromatic carbocycles. The number of benzene rings is 2. The number of nitrogens with one attached hydrogen (secondary N) is 2. The third-order valence-electron chi connectivity index (χ3n) is 10.1. The summed E-state index contributed by atoms with van der Waals surface area (Å²) >= 11 is 0. The van der Waals surface area contributed by atoms with E-state index < -0.39 is 34.4 Å². The lowest BCUT2D eigenvalue weighted by atomic mass is 10.0. The van der Waals surface area contributed by atoms with Crippen molar-refractivity contribution < 1.29 is 28.6 Å². The third-order valence-corrected chi connectivity index (χ3v) is 10.1. The Bertz CT molecular complexity index is 2150. The van der Waals surface area contributed by atoms with Gasteiger partial charge in [-0.1, -0.05) is 0 Å². The van der Waals surface area contributed by atoms with E-state index in [-0.39, 0.29) is 45.6 Å². The van der Waals surface area contributed by atoms with Crippen LogP contribution in [0.25, 0.3) is 21.8 Å². The van der Waals surface area contributed by atoms with Crippen LogP contribution in [0.5, 0.6) is 0 Å². The number of fused-ring (bicyclic) bond motifs is 2. The van der Waals surface area contributed by atoms with E-state index in [2.05, 4.69) is 17.6 Å². The van der Waals surface area contributed by atoms with E-state index in [0.717, 1.165) is 45.3 Å². The average Bonchev–Trinajstić information content (AvgIpc) is 4.02. The smallest absolute Gasteiger partial charge is 0.341 e. The Labute approximate surface area is 285 Å². The van der Waals surface area contributed by atoms with Crippen LogP contribution in [0, 0.1) is 18.6 Å².